The number of nitrogens with one attached hydrogen (secondary N) is 1. The average Bonchev–Trinajstić information content (AvgIpc) is 2.30. The van der Waals surface area contributed by atoms with Gasteiger partial charge in [-0.25, -0.2) is 4.39 Å². The van der Waals surface area contributed by atoms with E-state index in [1.54, 1.807) is 0 Å². The normalized spacial score (nSPS) is 10.8. The van der Waals surface area contributed by atoms with Crippen LogP contribution in [0.5, 0.6) is 0 Å². The van der Waals surface area contributed by atoms with Crippen LogP contribution in [-0.4, -0.2) is 34.9 Å². The average molecular weight is 283 g/mol. The zero-order valence-corrected chi connectivity index (χ0v) is 11.8. The molecule has 3 N–H and O–H groups in total. The van der Waals surface area contributed by atoms with Gasteiger partial charge >= 0.3 is 0 Å². The van der Waals surface area contributed by atoms with Crippen LogP contribution in [0.4, 0.5) is 10.1 Å². The molecule has 104 valence electrons. The van der Waals surface area contributed by atoms with Crippen molar-refractivity contribution in [3.05, 3.63) is 30.1 Å². The van der Waals surface area contributed by atoms with Crippen LogP contribution in [-0.2, 0) is 4.79 Å². The first-order valence-electron chi connectivity index (χ1n) is 5.96. The monoisotopic (exact) mass is 283 g/mol. The van der Waals surface area contributed by atoms with Crippen LogP contribution in [0.1, 0.15) is 13.8 Å². The second-order valence-electron chi connectivity index (χ2n) is 4.52. The van der Waals surface area contributed by atoms with Gasteiger partial charge in [-0.3, -0.25) is 9.69 Å². The highest BCUT2D eigenvalue weighted by molar-refractivity contribution is 7.80. The molecule has 0 atom stereocenters. The molecule has 1 rings (SSSR count). The Hall–Kier alpha value is -1.53. The van der Waals surface area contributed by atoms with E-state index >= 15 is 0 Å². The Morgan fingerprint density at radius 2 is 1.95 bits per heavy atom. The summed E-state index contributed by atoms with van der Waals surface area (Å²) >= 11 is 4.85. The maximum Gasteiger partial charge on any atom is 0.238 e. The van der Waals surface area contributed by atoms with Crippen molar-refractivity contribution in [2.45, 2.75) is 19.9 Å². The molecule has 0 aliphatic heterocycles. The Morgan fingerprint density at radius 3 is 2.42 bits per heavy atom. The van der Waals surface area contributed by atoms with Crippen molar-refractivity contribution < 1.29 is 9.18 Å². The molecule has 1 amide bonds. The zero-order valence-electron chi connectivity index (χ0n) is 11.0. The molecule has 0 unspecified atom stereocenters. The van der Waals surface area contributed by atoms with Gasteiger partial charge < -0.3 is 11.1 Å². The van der Waals surface area contributed by atoms with E-state index in [0.29, 0.717) is 17.2 Å². The van der Waals surface area contributed by atoms with Gasteiger partial charge in [-0.1, -0.05) is 12.2 Å². The highest BCUT2D eigenvalue weighted by atomic mass is 32.1. The van der Waals surface area contributed by atoms with Crippen molar-refractivity contribution in [1.29, 1.82) is 0 Å². The predicted molar refractivity (Wildman–Crippen MR) is 78.5 cm³/mol. The lowest BCUT2D eigenvalue weighted by molar-refractivity contribution is -0.117. The van der Waals surface area contributed by atoms with Crippen LogP contribution in [0, 0.1) is 5.82 Å². The first-order valence-corrected chi connectivity index (χ1v) is 6.37. The summed E-state index contributed by atoms with van der Waals surface area (Å²) < 4.78 is 12.7. The lowest BCUT2D eigenvalue weighted by atomic mass is 10.3. The van der Waals surface area contributed by atoms with Crippen molar-refractivity contribution in [3.8, 4) is 0 Å². The van der Waals surface area contributed by atoms with Gasteiger partial charge in [0.2, 0.25) is 5.91 Å². The number of anilines is 1. The summed E-state index contributed by atoms with van der Waals surface area (Å²) in [5.41, 5.74) is 6.05. The van der Waals surface area contributed by atoms with Crippen molar-refractivity contribution >= 4 is 28.8 Å². The van der Waals surface area contributed by atoms with Gasteiger partial charge in [0.05, 0.1) is 11.5 Å². The SMILES string of the molecule is CC(C)N(CC(=O)Nc1ccc(F)cc1)CC(N)=S. The number of benzene rings is 1. The van der Waals surface area contributed by atoms with Gasteiger partial charge in [-0.15, -0.1) is 0 Å². The van der Waals surface area contributed by atoms with E-state index in [4.69, 9.17) is 18.0 Å². The highest BCUT2D eigenvalue weighted by Crippen LogP contribution is 2.08. The van der Waals surface area contributed by atoms with E-state index in [2.05, 4.69) is 5.32 Å². The van der Waals surface area contributed by atoms with Gasteiger partial charge in [-0.2, -0.15) is 0 Å². The van der Waals surface area contributed by atoms with Gasteiger partial charge in [0.15, 0.2) is 0 Å². The Labute approximate surface area is 117 Å². The smallest absolute Gasteiger partial charge is 0.238 e. The standard InChI is InChI=1S/C13H18FN3OS/c1-9(2)17(7-12(15)19)8-13(18)16-11-5-3-10(14)4-6-11/h3-6,9H,7-8H2,1-2H3,(H2,15,19)(H,16,18). The zero-order chi connectivity index (χ0) is 14.4. The Kier molecular flexibility index (Phi) is 5.85. The minimum absolute atomic E-state index is 0.153. The number of carbonyl (C=O) groups excluding carboxylic acids is 1. The third-order valence-corrected chi connectivity index (χ3v) is 2.69. The van der Waals surface area contributed by atoms with E-state index in [0.717, 1.165) is 0 Å². The van der Waals surface area contributed by atoms with Crippen molar-refractivity contribution in [3.63, 3.8) is 0 Å². The highest BCUT2D eigenvalue weighted by Gasteiger charge is 2.14. The van der Waals surface area contributed by atoms with Crippen LogP contribution < -0.4 is 11.1 Å². The third kappa shape index (κ3) is 5.76. The molecular weight excluding hydrogens is 265 g/mol. The Morgan fingerprint density at radius 1 is 1.37 bits per heavy atom. The number of halogens is 1. The van der Waals surface area contributed by atoms with Crippen molar-refractivity contribution in [1.82, 2.24) is 4.90 Å². The Bertz CT molecular complexity index is 448. The van der Waals surface area contributed by atoms with Crippen LogP contribution in [0.25, 0.3) is 0 Å². The summed E-state index contributed by atoms with van der Waals surface area (Å²) in [6, 6.07) is 5.77. The number of hydrogen-bond acceptors (Lipinski definition) is 3. The maximum atomic E-state index is 12.7. The summed E-state index contributed by atoms with van der Waals surface area (Å²) in [4.78, 5) is 14.1. The summed E-state index contributed by atoms with van der Waals surface area (Å²) in [6.07, 6.45) is 0. The maximum absolute atomic E-state index is 12.7. The molecule has 0 aliphatic carbocycles. The number of nitrogens with two attached hydrogens (primary N) is 1. The minimum atomic E-state index is -0.338. The van der Waals surface area contributed by atoms with Crippen LogP contribution >= 0.6 is 12.2 Å². The topological polar surface area (TPSA) is 58.4 Å². The van der Waals surface area contributed by atoms with Gasteiger partial charge in [0, 0.05) is 18.3 Å². The summed E-state index contributed by atoms with van der Waals surface area (Å²) in [6.45, 7) is 4.50. The molecule has 0 aliphatic rings. The number of rotatable bonds is 6. The molecule has 0 saturated heterocycles. The summed E-state index contributed by atoms with van der Waals surface area (Å²) in [5, 5.41) is 2.70. The second-order valence-corrected chi connectivity index (χ2v) is 5.04. The summed E-state index contributed by atoms with van der Waals surface area (Å²) in [7, 11) is 0. The van der Waals surface area contributed by atoms with Gasteiger partial charge in [0.1, 0.15) is 5.82 Å². The second kappa shape index (κ2) is 7.16. The minimum Gasteiger partial charge on any atom is -0.392 e. The van der Waals surface area contributed by atoms with Gasteiger partial charge in [-0.05, 0) is 38.1 Å². The molecule has 0 saturated carbocycles. The lowest BCUT2D eigenvalue weighted by Crippen LogP contribution is -2.42. The molecule has 4 nitrogen and oxygen atoms in total. The van der Waals surface area contributed by atoms with E-state index in [1.165, 1.54) is 24.3 Å². The Balaban J connectivity index is 2.57. The molecule has 1 aromatic carbocycles. The first-order chi connectivity index (χ1) is 8.88. The van der Waals surface area contributed by atoms with Crippen molar-refractivity contribution in [2.24, 2.45) is 5.73 Å². The number of carbonyl (C=O) groups is 1. The van der Waals surface area contributed by atoms with Crippen LogP contribution in [0.15, 0.2) is 24.3 Å². The fourth-order valence-electron chi connectivity index (χ4n) is 1.54. The number of thiocarbonyl (C=S) groups is 1. The quantitative estimate of drug-likeness (QED) is 0.781. The van der Waals surface area contributed by atoms with Crippen LogP contribution in [0.2, 0.25) is 0 Å². The molecule has 0 bridgehead atoms. The number of nitrogens with zero attached hydrogens (tertiary/aromatic N) is 1. The first kappa shape index (κ1) is 15.5. The fourth-order valence-corrected chi connectivity index (χ4v) is 1.71. The molecule has 0 fully saturated rings. The molecule has 19 heavy (non-hydrogen) atoms. The number of hydrogen-bond donors (Lipinski definition) is 2. The van der Waals surface area contributed by atoms with Crippen molar-refractivity contribution in [2.75, 3.05) is 18.4 Å². The molecular formula is C13H18FN3OS. The largest absolute Gasteiger partial charge is 0.392 e. The van der Waals surface area contributed by atoms with E-state index < -0.39 is 0 Å². The molecule has 1 aromatic rings. The fraction of sp³-hybridized carbons (Fsp3) is 0.385. The third-order valence-electron chi connectivity index (χ3n) is 2.56. The van der Waals surface area contributed by atoms with E-state index in [1.807, 2.05) is 18.7 Å². The summed E-state index contributed by atoms with van der Waals surface area (Å²) in [5.74, 6) is -0.521. The van der Waals surface area contributed by atoms with Gasteiger partial charge in [0.25, 0.3) is 0 Å². The van der Waals surface area contributed by atoms with E-state index in [-0.39, 0.29) is 24.3 Å². The molecule has 0 spiro atoms. The molecule has 6 heteroatoms. The lowest BCUT2D eigenvalue weighted by Gasteiger charge is -2.25. The van der Waals surface area contributed by atoms with E-state index in [9.17, 15) is 9.18 Å². The molecule has 0 aromatic heterocycles. The molecule has 0 radical (unpaired) electrons. The molecule has 0 heterocycles. The van der Waals surface area contributed by atoms with Crippen LogP contribution in [0.3, 0.4) is 0 Å². The number of amides is 1. The predicted octanol–water partition coefficient (Wildman–Crippen LogP) is 1.76.